The second kappa shape index (κ2) is 5.65. The maximum Gasteiger partial charge on any atom is 0.130 e. The molecule has 0 spiro atoms. The van der Waals surface area contributed by atoms with Crippen LogP contribution in [-0.2, 0) is 6.54 Å². The molecule has 1 aliphatic heterocycles. The Kier molecular flexibility index (Phi) is 4.02. The lowest BCUT2D eigenvalue weighted by Gasteiger charge is -2.36. The van der Waals surface area contributed by atoms with Gasteiger partial charge in [0.2, 0.25) is 0 Å². The highest BCUT2D eigenvalue weighted by Gasteiger charge is 2.44. The zero-order valence-corrected chi connectivity index (χ0v) is 12.8. The maximum absolute atomic E-state index is 13.9. The molecule has 0 radical (unpaired) electrons. The van der Waals surface area contributed by atoms with Crippen LogP contribution in [0.25, 0.3) is 0 Å². The van der Waals surface area contributed by atoms with Gasteiger partial charge in [0.1, 0.15) is 11.6 Å². The van der Waals surface area contributed by atoms with Crippen LogP contribution in [-0.4, -0.2) is 29.6 Å². The monoisotopic (exact) mass is 294 g/mol. The predicted molar refractivity (Wildman–Crippen MR) is 80.0 cm³/mol. The highest BCUT2D eigenvalue weighted by Crippen LogP contribution is 2.41. The van der Waals surface area contributed by atoms with Crippen molar-refractivity contribution in [1.29, 1.82) is 0 Å². The quantitative estimate of drug-likeness (QED) is 0.920. The molecule has 0 bridgehead atoms. The average molecular weight is 294 g/mol. The molecular formula is C17H24F2N2. The summed E-state index contributed by atoms with van der Waals surface area (Å²) >= 11 is 0. The average Bonchev–Trinajstić information content (AvgIpc) is 3.25. The van der Waals surface area contributed by atoms with Crippen LogP contribution < -0.4 is 5.32 Å². The summed E-state index contributed by atoms with van der Waals surface area (Å²) in [5.41, 5.74) is 0.274. The number of nitrogens with one attached hydrogen (secondary N) is 1. The van der Waals surface area contributed by atoms with Gasteiger partial charge in [-0.05, 0) is 57.7 Å². The van der Waals surface area contributed by atoms with E-state index in [1.807, 2.05) is 0 Å². The molecular weight excluding hydrogens is 270 g/mol. The highest BCUT2D eigenvalue weighted by molar-refractivity contribution is 5.20. The Labute approximate surface area is 125 Å². The van der Waals surface area contributed by atoms with Gasteiger partial charge in [-0.1, -0.05) is 6.07 Å². The molecule has 1 aromatic rings. The fourth-order valence-electron chi connectivity index (χ4n) is 3.47. The number of hydrogen-bond donors (Lipinski definition) is 1. The van der Waals surface area contributed by atoms with Gasteiger partial charge in [0.15, 0.2) is 0 Å². The summed E-state index contributed by atoms with van der Waals surface area (Å²) in [5, 5.41) is 3.67. The van der Waals surface area contributed by atoms with Gasteiger partial charge < -0.3 is 5.32 Å². The smallest absolute Gasteiger partial charge is 0.130 e. The molecule has 2 aliphatic rings. The van der Waals surface area contributed by atoms with Crippen molar-refractivity contribution in [2.75, 3.05) is 13.1 Å². The second-order valence-corrected chi connectivity index (χ2v) is 6.86. The Morgan fingerprint density at radius 2 is 1.90 bits per heavy atom. The minimum atomic E-state index is -0.437. The van der Waals surface area contributed by atoms with Crippen LogP contribution in [0.2, 0.25) is 0 Å². The maximum atomic E-state index is 13.9. The van der Waals surface area contributed by atoms with Gasteiger partial charge in [-0.3, -0.25) is 4.90 Å². The van der Waals surface area contributed by atoms with E-state index in [9.17, 15) is 8.78 Å². The molecule has 21 heavy (non-hydrogen) atoms. The van der Waals surface area contributed by atoms with Crippen LogP contribution in [0.15, 0.2) is 18.2 Å². The lowest BCUT2D eigenvalue weighted by Crippen LogP contribution is -2.51. The molecule has 1 saturated heterocycles. The molecule has 1 N–H and O–H groups in total. The number of nitrogens with zero attached hydrogens (tertiary/aromatic N) is 1. The van der Waals surface area contributed by atoms with Gasteiger partial charge in [-0.2, -0.15) is 0 Å². The third-order valence-corrected chi connectivity index (χ3v) is 5.15. The van der Waals surface area contributed by atoms with Crippen molar-refractivity contribution in [3.63, 3.8) is 0 Å². The van der Waals surface area contributed by atoms with E-state index >= 15 is 0 Å². The number of rotatable bonds is 3. The molecule has 2 nitrogen and oxygen atoms in total. The fourth-order valence-corrected chi connectivity index (χ4v) is 3.47. The number of benzene rings is 1. The third kappa shape index (κ3) is 3.11. The van der Waals surface area contributed by atoms with Crippen LogP contribution >= 0.6 is 0 Å². The van der Waals surface area contributed by atoms with Crippen LogP contribution in [0.1, 0.15) is 38.7 Å². The van der Waals surface area contributed by atoms with E-state index in [1.54, 1.807) is 0 Å². The van der Waals surface area contributed by atoms with Gasteiger partial charge >= 0.3 is 0 Å². The van der Waals surface area contributed by atoms with Crippen molar-refractivity contribution >= 4 is 0 Å². The summed E-state index contributed by atoms with van der Waals surface area (Å²) in [7, 11) is 0. The lowest BCUT2D eigenvalue weighted by molar-refractivity contribution is 0.151. The van der Waals surface area contributed by atoms with E-state index in [-0.39, 0.29) is 11.1 Å². The SMILES string of the molecule is CC1CCNC(C)(C2CC2)CN1Cc1c(F)cccc1F. The van der Waals surface area contributed by atoms with E-state index in [0.29, 0.717) is 18.5 Å². The Bertz CT molecular complexity index is 495. The number of hydrogen-bond acceptors (Lipinski definition) is 2. The summed E-state index contributed by atoms with van der Waals surface area (Å²) in [6.07, 6.45) is 3.54. The zero-order valence-electron chi connectivity index (χ0n) is 12.8. The molecule has 1 aromatic carbocycles. The van der Waals surface area contributed by atoms with Crippen LogP contribution in [0.4, 0.5) is 8.78 Å². The van der Waals surface area contributed by atoms with Gasteiger partial charge in [0.25, 0.3) is 0 Å². The minimum absolute atomic E-state index is 0.0759. The molecule has 1 aliphatic carbocycles. The van der Waals surface area contributed by atoms with Crippen LogP contribution in [0, 0.1) is 17.6 Å². The Hall–Kier alpha value is -1.00. The first-order chi connectivity index (χ1) is 9.99. The fraction of sp³-hybridized carbons (Fsp3) is 0.647. The Morgan fingerprint density at radius 1 is 1.24 bits per heavy atom. The summed E-state index contributed by atoms with van der Waals surface area (Å²) in [6.45, 7) is 6.59. The van der Waals surface area contributed by atoms with Crippen molar-refractivity contribution in [3.05, 3.63) is 35.4 Å². The minimum Gasteiger partial charge on any atom is -0.310 e. The molecule has 4 heteroatoms. The van der Waals surface area contributed by atoms with Gasteiger partial charge in [-0.25, -0.2) is 8.78 Å². The molecule has 2 fully saturated rings. The van der Waals surface area contributed by atoms with E-state index in [2.05, 4.69) is 24.1 Å². The third-order valence-electron chi connectivity index (χ3n) is 5.15. The summed E-state index contributed by atoms with van der Waals surface area (Å²) in [6, 6.07) is 4.45. The Balaban J connectivity index is 1.81. The second-order valence-electron chi connectivity index (χ2n) is 6.86. The lowest BCUT2D eigenvalue weighted by atomic mass is 9.95. The van der Waals surface area contributed by atoms with Crippen molar-refractivity contribution in [1.82, 2.24) is 10.2 Å². The van der Waals surface area contributed by atoms with Crippen LogP contribution in [0.3, 0.4) is 0 Å². The standard InChI is InChI=1S/C17H24F2N2/c1-12-8-9-20-17(2,13-6-7-13)11-21(12)10-14-15(18)4-3-5-16(14)19/h3-5,12-13,20H,6-11H2,1-2H3. The normalized spacial score (nSPS) is 31.1. The summed E-state index contributed by atoms with van der Waals surface area (Å²) in [5.74, 6) is -0.171. The topological polar surface area (TPSA) is 15.3 Å². The van der Waals surface area contributed by atoms with E-state index < -0.39 is 11.6 Å². The van der Waals surface area contributed by atoms with E-state index in [4.69, 9.17) is 0 Å². The molecule has 1 saturated carbocycles. The first-order valence-electron chi connectivity index (χ1n) is 7.91. The largest absolute Gasteiger partial charge is 0.310 e. The summed E-state index contributed by atoms with van der Waals surface area (Å²) < 4.78 is 27.8. The van der Waals surface area contributed by atoms with Crippen molar-refractivity contribution in [3.8, 4) is 0 Å². The van der Waals surface area contributed by atoms with Gasteiger partial charge in [0.05, 0.1) is 0 Å². The van der Waals surface area contributed by atoms with Crippen molar-refractivity contribution in [2.24, 2.45) is 5.92 Å². The van der Waals surface area contributed by atoms with Crippen molar-refractivity contribution < 1.29 is 8.78 Å². The predicted octanol–water partition coefficient (Wildman–Crippen LogP) is 3.32. The molecule has 1 heterocycles. The van der Waals surface area contributed by atoms with Gasteiger partial charge in [-0.15, -0.1) is 0 Å². The van der Waals surface area contributed by atoms with Crippen molar-refractivity contribution in [2.45, 2.75) is 51.2 Å². The molecule has 0 aromatic heterocycles. The van der Waals surface area contributed by atoms with E-state index in [1.165, 1.54) is 31.0 Å². The molecule has 3 rings (SSSR count). The molecule has 116 valence electrons. The van der Waals surface area contributed by atoms with Crippen LogP contribution in [0.5, 0.6) is 0 Å². The molecule has 2 atom stereocenters. The summed E-state index contributed by atoms with van der Waals surface area (Å²) in [4.78, 5) is 2.24. The van der Waals surface area contributed by atoms with E-state index in [0.717, 1.165) is 19.5 Å². The zero-order chi connectivity index (χ0) is 15.0. The molecule has 0 amide bonds. The van der Waals surface area contributed by atoms with Gasteiger partial charge in [0, 0.05) is 30.2 Å². The molecule has 2 unspecified atom stereocenters. The Morgan fingerprint density at radius 3 is 2.52 bits per heavy atom. The first kappa shape index (κ1) is 14.9. The first-order valence-corrected chi connectivity index (χ1v) is 7.91. The highest BCUT2D eigenvalue weighted by atomic mass is 19.1. The number of halogens is 2.